The number of anilines is 6. The lowest BCUT2D eigenvalue weighted by molar-refractivity contribution is -0.936. The zero-order valence-electron chi connectivity index (χ0n) is 32.9. The lowest BCUT2D eigenvalue weighted by Gasteiger charge is -2.52. The van der Waals surface area contributed by atoms with E-state index in [2.05, 4.69) is 185 Å². The Balaban J connectivity index is 1.39. The summed E-state index contributed by atoms with van der Waals surface area (Å²) in [5.41, 5.74) is 17.9. The van der Waals surface area contributed by atoms with Gasteiger partial charge >= 0.3 is 11.5 Å². The summed E-state index contributed by atoms with van der Waals surface area (Å²) >= 11 is 0. The Morgan fingerprint density at radius 1 is 0.519 bits per heavy atom. The third-order valence-electron chi connectivity index (χ3n) is 13.8. The van der Waals surface area contributed by atoms with Crippen LogP contribution in [0.5, 0.6) is 11.6 Å². The normalized spacial score (nSPS) is 20.1. The fourth-order valence-electron chi connectivity index (χ4n) is 11.1. The minimum absolute atomic E-state index is 0.0813. The molecule has 1 spiro atoms. The van der Waals surface area contributed by atoms with Crippen molar-refractivity contribution in [1.82, 2.24) is 0 Å². The van der Waals surface area contributed by atoms with Crippen LogP contribution in [0.3, 0.4) is 0 Å². The second-order valence-electron chi connectivity index (χ2n) is 19.5. The van der Waals surface area contributed by atoms with Gasteiger partial charge in [-0.2, -0.15) is 4.90 Å². The molecule has 0 saturated heterocycles. The molecule has 4 aromatic carbocycles. The predicted molar refractivity (Wildman–Crippen MR) is 215 cm³/mol. The van der Waals surface area contributed by atoms with E-state index >= 15 is 0 Å². The second-order valence-corrected chi connectivity index (χ2v) is 19.5. The highest BCUT2D eigenvalue weighted by Gasteiger charge is 2.75. The Morgan fingerprint density at radius 3 is 1.69 bits per heavy atom. The van der Waals surface area contributed by atoms with Crippen LogP contribution < -0.4 is 23.7 Å². The molecule has 6 aromatic rings. The first-order valence-electron chi connectivity index (χ1n) is 19.6. The average molecular weight is 707 g/mol. The molecule has 8 heterocycles. The summed E-state index contributed by atoms with van der Waals surface area (Å²) in [4.78, 5) is 5.23. The molecule has 0 aliphatic carbocycles. The van der Waals surface area contributed by atoms with E-state index in [-0.39, 0.29) is 21.7 Å². The van der Waals surface area contributed by atoms with E-state index in [9.17, 15) is 0 Å². The molecule has 0 bridgehead atoms. The van der Waals surface area contributed by atoms with Crippen LogP contribution in [0, 0.1) is 0 Å². The van der Waals surface area contributed by atoms with E-state index < -0.39 is 5.66 Å². The average Bonchev–Trinajstić information content (AvgIpc) is 3.42. The molecule has 1 unspecified atom stereocenters. The van der Waals surface area contributed by atoms with Crippen molar-refractivity contribution < 1.29 is 13.9 Å². The van der Waals surface area contributed by atoms with Crippen LogP contribution in [0.2, 0.25) is 0 Å². The summed E-state index contributed by atoms with van der Waals surface area (Å²) in [6.45, 7) is 23.7. The Morgan fingerprint density at radius 2 is 1.06 bits per heavy atom. The van der Waals surface area contributed by atoms with Crippen molar-refractivity contribution >= 4 is 34.3 Å². The zero-order valence-corrected chi connectivity index (χ0v) is 32.9. The molecular formula is C49H46N4O+2. The third-order valence-corrected chi connectivity index (χ3v) is 13.8. The van der Waals surface area contributed by atoms with E-state index in [1.807, 2.05) is 0 Å². The summed E-state index contributed by atoms with van der Waals surface area (Å²) in [6.07, 6.45) is 0. The number of aromatic nitrogens is 2. The molecule has 0 saturated carbocycles. The van der Waals surface area contributed by atoms with Gasteiger partial charge in [0.2, 0.25) is 5.69 Å². The number of ether oxygens (including phenoxy) is 1. The van der Waals surface area contributed by atoms with Gasteiger partial charge in [-0.3, -0.25) is 0 Å². The summed E-state index contributed by atoms with van der Waals surface area (Å²) < 4.78 is 12.5. The summed E-state index contributed by atoms with van der Waals surface area (Å²) in [5.74, 6) is 3.02. The van der Waals surface area contributed by atoms with Crippen molar-refractivity contribution in [3.05, 3.63) is 142 Å². The molecule has 6 aliphatic rings. The Kier molecular flexibility index (Phi) is 5.12. The fourth-order valence-corrected chi connectivity index (χ4v) is 11.1. The van der Waals surface area contributed by atoms with Gasteiger partial charge in [-0.05, 0) is 69.5 Å². The smallest absolute Gasteiger partial charge is 0.378 e. The van der Waals surface area contributed by atoms with Gasteiger partial charge in [-0.15, -0.1) is 9.13 Å². The second kappa shape index (κ2) is 8.92. The molecule has 0 N–H and O–H groups in total. The van der Waals surface area contributed by atoms with Crippen LogP contribution in [0.15, 0.2) is 97.1 Å². The highest BCUT2D eigenvalue weighted by molar-refractivity contribution is 6.01. The number of rotatable bonds is 0. The van der Waals surface area contributed by atoms with Crippen molar-refractivity contribution in [3.8, 4) is 23.0 Å². The number of nitrogens with zero attached hydrogens (tertiary/aromatic N) is 4. The number of hydrogen-bond donors (Lipinski definition) is 0. The third kappa shape index (κ3) is 3.18. The van der Waals surface area contributed by atoms with Crippen LogP contribution >= 0.6 is 0 Å². The minimum Gasteiger partial charge on any atom is -0.404 e. The number of benzene rings is 4. The van der Waals surface area contributed by atoms with Crippen LogP contribution in [0.25, 0.3) is 11.4 Å². The zero-order chi connectivity index (χ0) is 37.2. The Labute approximate surface area is 318 Å². The lowest BCUT2D eigenvalue weighted by Crippen LogP contribution is -2.76. The van der Waals surface area contributed by atoms with Crippen molar-refractivity contribution in [1.29, 1.82) is 0 Å². The maximum atomic E-state index is 7.22. The highest BCUT2D eigenvalue weighted by Crippen LogP contribution is 2.69. The number of fused-ring (bicyclic) bond motifs is 7. The monoisotopic (exact) mass is 706 g/mol. The molecule has 5 nitrogen and oxygen atoms in total. The quantitative estimate of drug-likeness (QED) is 0.147. The maximum Gasteiger partial charge on any atom is 0.378 e. The summed E-state index contributed by atoms with van der Waals surface area (Å²) in [5, 5.41) is 0. The van der Waals surface area contributed by atoms with Crippen molar-refractivity contribution in [2.45, 2.75) is 96.6 Å². The van der Waals surface area contributed by atoms with Crippen molar-refractivity contribution in [2.75, 3.05) is 9.80 Å². The largest absolute Gasteiger partial charge is 0.404 e. The van der Waals surface area contributed by atoms with E-state index in [4.69, 9.17) is 4.74 Å². The SMILES string of the molecule is CC(C)(C)c1cc2[n+]3c(c1)-c1cc(C(C)(C)C)cc4[n+]1C31c3c(cccc3N3c5ccccc5C(C)(C)c5cc6c(c1c53)N4c1ccccc1C6(C)C)O2. The molecular weight excluding hydrogens is 661 g/mol. The Bertz CT molecular complexity index is 2790. The minimum atomic E-state index is -0.723. The number of pyridine rings is 2. The molecule has 5 heteroatoms. The maximum absolute atomic E-state index is 7.22. The highest BCUT2D eigenvalue weighted by atomic mass is 16.5. The van der Waals surface area contributed by atoms with Gasteiger partial charge < -0.3 is 9.64 Å². The predicted octanol–water partition coefficient (Wildman–Crippen LogP) is 11.1. The molecule has 266 valence electrons. The van der Waals surface area contributed by atoms with Crippen LogP contribution in [-0.2, 0) is 27.3 Å². The van der Waals surface area contributed by atoms with Gasteiger partial charge in [0.05, 0.1) is 23.1 Å². The first-order chi connectivity index (χ1) is 25.6. The standard InChI is InChI=1S/C49H46N4O/c1-45(2,3)27-22-36-37-23-28(46(4,5)6)25-40-53(37)49-41-35(20-15-21-38(41)54-40)50-33-18-13-11-16-29(33)47(7,8)31-26-32-44(42(49)43(31)50)51(39(24-27)52(36)49)34-19-14-12-17-30(34)48(32,9)10/h11-26H,1-10H3/q+2. The van der Waals surface area contributed by atoms with Gasteiger partial charge in [0.1, 0.15) is 16.8 Å². The van der Waals surface area contributed by atoms with Crippen molar-refractivity contribution in [3.63, 3.8) is 0 Å². The van der Waals surface area contributed by atoms with Gasteiger partial charge in [-0.1, -0.05) is 112 Å². The van der Waals surface area contributed by atoms with E-state index in [1.54, 1.807) is 0 Å². The first-order valence-corrected chi connectivity index (χ1v) is 19.6. The van der Waals surface area contributed by atoms with Gasteiger partial charge in [0.15, 0.2) is 11.4 Å². The van der Waals surface area contributed by atoms with Gasteiger partial charge in [0.25, 0.3) is 11.5 Å². The molecule has 0 radical (unpaired) electrons. The molecule has 12 rings (SSSR count). The van der Waals surface area contributed by atoms with Crippen LogP contribution in [-0.4, -0.2) is 0 Å². The molecule has 6 aliphatic heterocycles. The van der Waals surface area contributed by atoms with Crippen LogP contribution in [0.1, 0.15) is 114 Å². The Hall–Kier alpha value is -5.42. The first kappa shape index (κ1) is 31.0. The topological polar surface area (TPSA) is 23.5 Å². The number of para-hydroxylation sites is 2. The molecule has 1 atom stereocenters. The van der Waals surface area contributed by atoms with E-state index in [1.165, 1.54) is 90.2 Å². The summed E-state index contributed by atoms with van der Waals surface area (Å²) in [7, 11) is 0. The molecule has 0 amide bonds. The van der Waals surface area contributed by atoms with Gasteiger partial charge in [0, 0.05) is 34.1 Å². The van der Waals surface area contributed by atoms with Crippen molar-refractivity contribution in [2.24, 2.45) is 0 Å². The molecule has 54 heavy (non-hydrogen) atoms. The number of hydrogen-bond acceptors (Lipinski definition) is 3. The van der Waals surface area contributed by atoms with E-state index in [0.717, 1.165) is 11.6 Å². The van der Waals surface area contributed by atoms with E-state index in [0.29, 0.717) is 0 Å². The lowest BCUT2D eigenvalue weighted by atomic mass is 9.63. The fraction of sp³-hybridized carbons (Fsp3) is 0.306. The van der Waals surface area contributed by atoms with Gasteiger partial charge in [-0.25, -0.2) is 0 Å². The van der Waals surface area contributed by atoms with Crippen LogP contribution in [0.4, 0.5) is 34.3 Å². The molecule has 0 fully saturated rings. The summed E-state index contributed by atoms with van der Waals surface area (Å²) in [6, 6.07) is 37.3. The molecule has 2 aromatic heterocycles.